The van der Waals surface area contributed by atoms with E-state index >= 15 is 0 Å². The fourth-order valence-electron chi connectivity index (χ4n) is 2.05. The first-order valence-corrected chi connectivity index (χ1v) is 6.45. The van der Waals surface area contributed by atoms with Crippen LogP contribution >= 0.6 is 0 Å². The minimum absolute atomic E-state index is 0.00161. The molecule has 0 aromatic rings. The molecule has 1 aliphatic carbocycles. The Balaban J connectivity index is 2.14. The molecule has 0 aliphatic heterocycles. The number of nitrogens with one attached hydrogen (secondary N) is 1. The van der Waals surface area contributed by atoms with Gasteiger partial charge in [0.25, 0.3) is 0 Å². The highest BCUT2D eigenvalue weighted by Crippen LogP contribution is 2.19. The lowest BCUT2D eigenvalue weighted by Gasteiger charge is -2.14. The van der Waals surface area contributed by atoms with E-state index < -0.39 is 0 Å². The zero-order chi connectivity index (χ0) is 11.8. The fourth-order valence-corrected chi connectivity index (χ4v) is 2.05. The Morgan fingerprint density at radius 2 is 2.38 bits per heavy atom. The van der Waals surface area contributed by atoms with Crippen LogP contribution in [0.2, 0.25) is 0 Å². The molecule has 3 nitrogen and oxygen atoms in total. The van der Waals surface area contributed by atoms with Gasteiger partial charge in [0.1, 0.15) is 0 Å². The molecule has 1 unspecified atom stereocenters. The summed E-state index contributed by atoms with van der Waals surface area (Å²) in [6, 6.07) is -0.328. The number of amides is 1. The van der Waals surface area contributed by atoms with E-state index in [-0.39, 0.29) is 11.9 Å². The molecule has 16 heavy (non-hydrogen) atoms. The zero-order valence-corrected chi connectivity index (χ0v) is 10.3. The summed E-state index contributed by atoms with van der Waals surface area (Å²) in [4.78, 5) is 11.5. The van der Waals surface area contributed by atoms with Gasteiger partial charge in [-0.25, -0.2) is 0 Å². The Morgan fingerprint density at radius 3 is 3.00 bits per heavy atom. The lowest BCUT2D eigenvalue weighted by Crippen LogP contribution is -2.40. The quantitative estimate of drug-likeness (QED) is 0.679. The van der Waals surface area contributed by atoms with E-state index in [1.54, 1.807) is 0 Å². The van der Waals surface area contributed by atoms with E-state index in [1.807, 2.05) is 6.92 Å². The first-order chi connectivity index (χ1) is 7.74. The molecule has 0 spiro atoms. The van der Waals surface area contributed by atoms with Gasteiger partial charge in [0, 0.05) is 6.54 Å². The van der Waals surface area contributed by atoms with Gasteiger partial charge >= 0.3 is 0 Å². The normalized spacial score (nSPS) is 17.8. The third-order valence-electron chi connectivity index (χ3n) is 3.07. The Hall–Kier alpha value is -0.830. The second kappa shape index (κ2) is 7.44. The molecule has 1 atom stereocenters. The maximum atomic E-state index is 11.5. The van der Waals surface area contributed by atoms with Crippen LogP contribution in [0.25, 0.3) is 0 Å². The molecule has 0 fully saturated rings. The molecule has 0 aromatic carbocycles. The molecule has 3 heteroatoms. The van der Waals surface area contributed by atoms with Crippen LogP contribution in [0, 0.1) is 0 Å². The summed E-state index contributed by atoms with van der Waals surface area (Å²) in [7, 11) is 0. The van der Waals surface area contributed by atoms with Crippen LogP contribution in [0.15, 0.2) is 11.6 Å². The summed E-state index contributed by atoms with van der Waals surface area (Å²) in [6.45, 7) is 2.78. The highest BCUT2D eigenvalue weighted by Gasteiger charge is 2.11. The summed E-state index contributed by atoms with van der Waals surface area (Å²) in [5, 5.41) is 2.91. The van der Waals surface area contributed by atoms with E-state index in [2.05, 4.69) is 11.4 Å². The van der Waals surface area contributed by atoms with Gasteiger partial charge in [-0.3, -0.25) is 4.79 Å². The fraction of sp³-hybridized carbons (Fsp3) is 0.769. The lowest BCUT2D eigenvalue weighted by atomic mass is 9.97. The van der Waals surface area contributed by atoms with Crippen molar-refractivity contribution in [1.82, 2.24) is 5.32 Å². The van der Waals surface area contributed by atoms with Crippen LogP contribution in [-0.4, -0.2) is 18.5 Å². The largest absolute Gasteiger partial charge is 0.354 e. The molecular formula is C13H24N2O. The summed E-state index contributed by atoms with van der Waals surface area (Å²) in [5.74, 6) is -0.00161. The lowest BCUT2D eigenvalue weighted by molar-refractivity contribution is -0.122. The van der Waals surface area contributed by atoms with Crippen molar-refractivity contribution >= 4 is 5.91 Å². The van der Waals surface area contributed by atoms with Crippen molar-refractivity contribution in [3.63, 3.8) is 0 Å². The van der Waals surface area contributed by atoms with Crippen LogP contribution in [0.4, 0.5) is 0 Å². The number of nitrogens with two attached hydrogens (primary N) is 1. The molecule has 0 heterocycles. The summed E-state index contributed by atoms with van der Waals surface area (Å²) < 4.78 is 0. The molecule has 0 saturated carbocycles. The number of carbonyl (C=O) groups excluding carboxylic acids is 1. The van der Waals surface area contributed by atoms with E-state index in [0.717, 1.165) is 25.8 Å². The predicted octanol–water partition coefficient (Wildman–Crippen LogP) is 2.12. The minimum Gasteiger partial charge on any atom is -0.354 e. The molecule has 1 aliphatic rings. The van der Waals surface area contributed by atoms with Crippen molar-refractivity contribution in [1.29, 1.82) is 0 Å². The summed E-state index contributed by atoms with van der Waals surface area (Å²) in [5.41, 5.74) is 7.22. The smallest absolute Gasteiger partial charge is 0.236 e. The zero-order valence-electron chi connectivity index (χ0n) is 10.3. The molecule has 1 rings (SSSR count). The van der Waals surface area contributed by atoms with Gasteiger partial charge in [-0.1, -0.05) is 25.0 Å². The van der Waals surface area contributed by atoms with Crippen molar-refractivity contribution in [3.8, 4) is 0 Å². The Bertz CT molecular complexity index is 248. The molecule has 3 N–H and O–H groups in total. The topological polar surface area (TPSA) is 55.1 Å². The molecule has 1 amide bonds. The van der Waals surface area contributed by atoms with Gasteiger partial charge in [0.2, 0.25) is 5.91 Å². The van der Waals surface area contributed by atoms with Gasteiger partial charge in [-0.05, 0) is 38.5 Å². The highest BCUT2D eigenvalue weighted by molar-refractivity contribution is 5.81. The van der Waals surface area contributed by atoms with Crippen LogP contribution < -0.4 is 11.1 Å². The van der Waals surface area contributed by atoms with Crippen LogP contribution in [0.1, 0.15) is 51.9 Å². The monoisotopic (exact) mass is 224 g/mol. The Labute approximate surface area is 98.5 Å². The predicted molar refractivity (Wildman–Crippen MR) is 67.1 cm³/mol. The number of allylic oxidation sites excluding steroid dienone is 1. The Kier molecular flexibility index (Phi) is 6.16. The maximum Gasteiger partial charge on any atom is 0.236 e. The molecular weight excluding hydrogens is 200 g/mol. The van der Waals surface area contributed by atoms with Crippen molar-refractivity contribution in [2.24, 2.45) is 5.73 Å². The first kappa shape index (κ1) is 13.2. The average Bonchev–Trinajstić information content (AvgIpc) is 2.30. The maximum absolute atomic E-state index is 11.5. The second-order valence-corrected chi connectivity index (χ2v) is 4.54. The molecule has 0 bridgehead atoms. The van der Waals surface area contributed by atoms with E-state index in [0.29, 0.717) is 0 Å². The highest BCUT2D eigenvalue weighted by atomic mass is 16.2. The number of hydrogen-bond acceptors (Lipinski definition) is 2. The van der Waals surface area contributed by atoms with Crippen LogP contribution in [0.5, 0.6) is 0 Å². The van der Waals surface area contributed by atoms with E-state index in [1.165, 1.54) is 31.3 Å². The number of carbonyl (C=O) groups is 1. The van der Waals surface area contributed by atoms with E-state index in [4.69, 9.17) is 5.73 Å². The third kappa shape index (κ3) is 4.79. The van der Waals surface area contributed by atoms with Gasteiger partial charge in [0.15, 0.2) is 0 Å². The number of rotatable bonds is 6. The van der Waals surface area contributed by atoms with Crippen molar-refractivity contribution in [2.45, 2.75) is 57.9 Å². The van der Waals surface area contributed by atoms with Gasteiger partial charge in [-0.2, -0.15) is 0 Å². The van der Waals surface area contributed by atoms with Gasteiger partial charge < -0.3 is 11.1 Å². The van der Waals surface area contributed by atoms with Crippen molar-refractivity contribution < 1.29 is 4.79 Å². The van der Waals surface area contributed by atoms with Crippen molar-refractivity contribution in [3.05, 3.63) is 11.6 Å². The van der Waals surface area contributed by atoms with Crippen molar-refractivity contribution in [2.75, 3.05) is 6.54 Å². The summed E-state index contributed by atoms with van der Waals surface area (Å²) in [6.07, 6.45) is 10.1. The number of hydrogen-bond donors (Lipinski definition) is 2. The van der Waals surface area contributed by atoms with E-state index in [9.17, 15) is 4.79 Å². The molecule has 0 saturated heterocycles. The molecule has 92 valence electrons. The SMILES string of the molecule is CCCC(N)C(=O)NCCC1=CCCCC1. The molecule has 0 aromatic heterocycles. The third-order valence-corrected chi connectivity index (χ3v) is 3.07. The standard InChI is InChI=1S/C13H24N2O/c1-2-6-12(14)13(16)15-10-9-11-7-4-3-5-8-11/h7,12H,2-6,8-10,14H2,1H3,(H,15,16). The minimum atomic E-state index is -0.328. The average molecular weight is 224 g/mol. The van der Waals surface area contributed by atoms with Gasteiger partial charge in [0.05, 0.1) is 6.04 Å². The Morgan fingerprint density at radius 1 is 1.56 bits per heavy atom. The van der Waals surface area contributed by atoms with Gasteiger partial charge in [-0.15, -0.1) is 0 Å². The van der Waals surface area contributed by atoms with Crippen LogP contribution in [-0.2, 0) is 4.79 Å². The first-order valence-electron chi connectivity index (χ1n) is 6.45. The summed E-state index contributed by atoms with van der Waals surface area (Å²) >= 11 is 0. The molecule has 0 radical (unpaired) electrons. The second-order valence-electron chi connectivity index (χ2n) is 4.54. The van der Waals surface area contributed by atoms with Crippen LogP contribution in [0.3, 0.4) is 0 Å².